The van der Waals surface area contributed by atoms with E-state index in [2.05, 4.69) is 17.4 Å². The van der Waals surface area contributed by atoms with Gasteiger partial charge in [0.25, 0.3) is 0 Å². The second kappa shape index (κ2) is 3.90. The van der Waals surface area contributed by atoms with Crippen LogP contribution in [0, 0.1) is 5.92 Å². The van der Waals surface area contributed by atoms with E-state index in [1.165, 1.54) is 5.56 Å². The second-order valence-corrected chi connectivity index (χ2v) is 3.57. The molecule has 1 aliphatic heterocycles. The van der Waals surface area contributed by atoms with Crippen LogP contribution in [-0.4, -0.2) is 18.3 Å². The Morgan fingerprint density at radius 1 is 1.31 bits per heavy atom. The van der Waals surface area contributed by atoms with Gasteiger partial charge in [0.2, 0.25) is 0 Å². The van der Waals surface area contributed by atoms with E-state index < -0.39 is 0 Å². The van der Waals surface area contributed by atoms with Crippen molar-refractivity contribution in [1.82, 2.24) is 5.32 Å². The molecule has 2 atom stereocenters. The van der Waals surface area contributed by atoms with Gasteiger partial charge < -0.3 is 10.4 Å². The molecule has 1 aromatic rings. The van der Waals surface area contributed by atoms with Gasteiger partial charge in [-0.05, 0) is 18.5 Å². The molecule has 1 saturated heterocycles. The van der Waals surface area contributed by atoms with E-state index in [1.54, 1.807) is 0 Å². The summed E-state index contributed by atoms with van der Waals surface area (Å²) in [6.07, 6.45) is 1.08. The second-order valence-electron chi connectivity index (χ2n) is 3.57. The number of hydrogen-bond acceptors (Lipinski definition) is 2. The predicted octanol–water partition coefficient (Wildman–Crippen LogP) is 1.33. The molecule has 2 rings (SSSR count). The standard InChI is InChI=1S/C11H15NO/c13-8-10-6-7-12-11(10)9-4-2-1-3-5-9/h1-5,10-13H,6-8H2/t10-,11+/m0/s1. The highest BCUT2D eigenvalue weighted by molar-refractivity contribution is 5.20. The third-order valence-corrected chi connectivity index (χ3v) is 2.74. The molecule has 70 valence electrons. The van der Waals surface area contributed by atoms with Crippen LogP contribution in [0.4, 0.5) is 0 Å². The number of aliphatic hydroxyl groups is 1. The Kier molecular flexibility index (Phi) is 2.62. The zero-order valence-corrected chi connectivity index (χ0v) is 7.61. The first-order valence-electron chi connectivity index (χ1n) is 4.81. The Bertz CT molecular complexity index is 260. The van der Waals surface area contributed by atoms with Gasteiger partial charge in [-0.3, -0.25) is 0 Å². The Balaban J connectivity index is 2.16. The molecule has 2 heteroatoms. The third kappa shape index (κ3) is 1.74. The Hall–Kier alpha value is -0.860. The minimum atomic E-state index is 0.284. The zero-order valence-electron chi connectivity index (χ0n) is 7.61. The summed E-state index contributed by atoms with van der Waals surface area (Å²) in [4.78, 5) is 0. The van der Waals surface area contributed by atoms with E-state index in [0.29, 0.717) is 12.0 Å². The van der Waals surface area contributed by atoms with Crippen molar-refractivity contribution in [3.8, 4) is 0 Å². The molecule has 0 aromatic heterocycles. The molecule has 1 aromatic carbocycles. The first-order valence-corrected chi connectivity index (χ1v) is 4.81. The lowest BCUT2D eigenvalue weighted by Gasteiger charge is -2.17. The van der Waals surface area contributed by atoms with Crippen molar-refractivity contribution in [2.45, 2.75) is 12.5 Å². The van der Waals surface area contributed by atoms with Gasteiger partial charge in [0.1, 0.15) is 0 Å². The molecule has 0 spiro atoms. The maximum Gasteiger partial charge on any atom is 0.0477 e. The molecule has 0 unspecified atom stereocenters. The lowest BCUT2D eigenvalue weighted by Crippen LogP contribution is -2.19. The summed E-state index contributed by atoms with van der Waals surface area (Å²) >= 11 is 0. The van der Waals surface area contributed by atoms with Crippen molar-refractivity contribution in [2.24, 2.45) is 5.92 Å². The van der Waals surface area contributed by atoms with Crippen LogP contribution in [0.3, 0.4) is 0 Å². The number of benzene rings is 1. The van der Waals surface area contributed by atoms with Gasteiger partial charge in [0.05, 0.1) is 0 Å². The topological polar surface area (TPSA) is 32.3 Å². The lowest BCUT2D eigenvalue weighted by atomic mass is 9.95. The fourth-order valence-electron chi connectivity index (χ4n) is 2.00. The monoisotopic (exact) mass is 177 g/mol. The van der Waals surface area contributed by atoms with E-state index in [4.69, 9.17) is 5.11 Å². The summed E-state index contributed by atoms with van der Waals surface area (Å²) < 4.78 is 0. The molecule has 0 saturated carbocycles. The number of nitrogens with one attached hydrogen (secondary N) is 1. The van der Waals surface area contributed by atoms with Crippen LogP contribution in [0.15, 0.2) is 30.3 Å². The minimum absolute atomic E-state index is 0.284. The van der Waals surface area contributed by atoms with Crippen LogP contribution in [-0.2, 0) is 0 Å². The van der Waals surface area contributed by atoms with Crippen LogP contribution >= 0.6 is 0 Å². The van der Waals surface area contributed by atoms with Crippen LogP contribution < -0.4 is 5.32 Å². The molecule has 0 radical (unpaired) electrons. The van der Waals surface area contributed by atoms with Crippen LogP contribution in [0.5, 0.6) is 0 Å². The SMILES string of the molecule is OC[C@@H]1CCN[C@@H]1c1ccccc1. The number of aliphatic hydroxyl groups excluding tert-OH is 1. The summed E-state index contributed by atoms with van der Waals surface area (Å²) in [6, 6.07) is 10.7. The zero-order chi connectivity index (χ0) is 9.10. The van der Waals surface area contributed by atoms with E-state index in [9.17, 15) is 0 Å². The highest BCUT2D eigenvalue weighted by Gasteiger charge is 2.26. The maximum absolute atomic E-state index is 9.16. The van der Waals surface area contributed by atoms with Crippen LogP contribution in [0.1, 0.15) is 18.0 Å². The average Bonchev–Trinajstić information content (AvgIpc) is 2.67. The highest BCUT2D eigenvalue weighted by atomic mass is 16.3. The Labute approximate surface area is 78.6 Å². The quantitative estimate of drug-likeness (QED) is 0.714. The molecule has 0 amide bonds. The van der Waals surface area contributed by atoms with E-state index in [1.807, 2.05) is 18.2 Å². The molecular formula is C11H15NO. The molecule has 1 fully saturated rings. The molecule has 1 heterocycles. The smallest absolute Gasteiger partial charge is 0.0477 e. The normalized spacial score (nSPS) is 27.8. The number of hydrogen-bond donors (Lipinski definition) is 2. The van der Waals surface area contributed by atoms with Crippen molar-refractivity contribution in [3.63, 3.8) is 0 Å². The molecule has 0 aliphatic carbocycles. The van der Waals surface area contributed by atoms with Gasteiger partial charge in [-0.2, -0.15) is 0 Å². The summed E-state index contributed by atoms with van der Waals surface area (Å²) in [5, 5.41) is 12.6. The van der Waals surface area contributed by atoms with Crippen molar-refractivity contribution in [3.05, 3.63) is 35.9 Å². The van der Waals surface area contributed by atoms with Crippen LogP contribution in [0.25, 0.3) is 0 Å². The summed E-state index contributed by atoms with van der Waals surface area (Å²) in [5.74, 6) is 0.391. The summed E-state index contributed by atoms with van der Waals surface area (Å²) in [6.45, 7) is 1.30. The van der Waals surface area contributed by atoms with Gasteiger partial charge in [0.15, 0.2) is 0 Å². The van der Waals surface area contributed by atoms with Gasteiger partial charge >= 0.3 is 0 Å². The van der Waals surface area contributed by atoms with E-state index >= 15 is 0 Å². The fraction of sp³-hybridized carbons (Fsp3) is 0.455. The first-order chi connectivity index (χ1) is 6.42. The van der Waals surface area contributed by atoms with Gasteiger partial charge in [-0.1, -0.05) is 30.3 Å². The third-order valence-electron chi connectivity index (χ3n) is 2.74. The molecule has 0 bridgehead atoms. The van der Waals surface area contributed by atoms with Gasteiger partial charge in [-0.25, -0.2) is 0 Å². The minimum Gasteiger partial charge on any atom is -0.396 e. The molecule has 1 aliphatic rings. The summed E-state index contributed by atoms with van der Waals surface area (Å²) in [5.41, 5.74) is 1.29. The lowest BCUT2D eigenvalue weighted by molar-refractivity contribution is 0.214. The van der Waals surface area contributed by atoms with Crippen molar-refractivity contribution < 1.29 is 5.11 Å². The first kappa shape index (κ1) is 8.73. The number of rotatable bonds is 2. The van der Waals surface area contributed by atoms with Crippen molar-refractivity contribution >= 4 is 0 Å². The molecule has 2 N–H and O–H groups in total. The molecular weight excluding hydrogens is 162 g/mol. The van der Waals surface area contributed by atoms with Crippen molar-refractivity contribution in [1.29, 1.82) is 0 Å². The predicted molar refractivity (Wildman–Crippen MR) is 52.4 cm³/mol. The fourth-order valence-corrected chi connectivity index (χ4v) is 2.00. The van der Waals surface area contributed by atoms with Gasteiger partial charge in [0, 0.05) is 18.6 Å². The highest BCUT2D eigenvalue weighted by Crippen LogP contribution is 2.28. The van der Waals surface area contributed by atoms with E-state index in [0.717, 1.165) is 13.0 Å². The van der Waals surface area contributed by atoms with Gasteiger partial charge in [-0.15, -0.1) is 0 Å². The Morgan fingerprint density at radius 2 is 2.08 bits per heavy atom. The summed E-state index contributed by atoms with van der Waals surface area (Å²) in [7, 11) is 0. The molecule has 13 heavy (non-hydrogen) atoms. The average molecular weight is 177 g/mol. The maximum atomic E-state index is 9.16. The van der Waals surface area contributed by atoms with E-state index in [-0.39, 0.29) is 6.61 Å². The molecule has 2 nitrogen and oxygen atoms in total. The van der Waals surface area contributed by atoms with Crippen LogP contribution in [0.2, 0.25) is 0 Å². The van der Waals surface area contributed by atoms with Crippen molar-refractivity contribution in [2.75, 3.05) is 13.2 Å². The Morgan fingerprint density at radius 3 is 2.77 bits per heavy atom. The largest absolute Gasteiger partial charge is 0.396 e.